The standard InChI is InChI=1S/C17H26ClNO3S/c1-3-23-12(2)9-13-10-14(20)17(15(21)11-13)16(5-7-19)22-8-4-6-18/h4,6-7,12-13,16,19-20H,3,5,8-11H2,1-2H3/b6-4+,19-7?. The first-order chi connectivity index (χ1) is 11.0. The molecule has 0 aromatic heterocycles. The van der Waals surface area contributed by atoms with Crippen LogP contribution in [0, 0.1) is 11.3 Å². The minimum atomic E-state index is -0.573. The molecule has 0 spiro atoms. The molecule has 0 aromatic carbocycles. The average molecular weight is 360 g/mol. The van der Waals surface area contributed by atoms with Crippen molar-refractivity contribution in [1.29, 1.82) is 5.41 Å². The van der Waals surface area contributed by atoms with Gasteiger partial charge in [0, 0.05) is 30.0 Å². The molecule has 0 amide bonds. The van der Waals surface area contributed by atoms with E-state index in [1.54, 1.807) is 6.08 Å². The molecule has 0 saturated heterocycles. The van der Waals surface area contributed by atoms with E-state index in [1.165, 1.54) is 11.7 Å². The van der Waals surface area contributed by atoms with Gasteiger partial charge in [0.15, 0.2) is 5.78 Å². The predicted octanol–water partition coefficient (Wildman–Crippen LogP) is 4.49. The second kappa shape index (κ2) is 10.9. The van der Waals surface area contributed by atoms with Gasteiger partial charge in [0.1, 0.15) is 5.76 Å². The Balaban J connectivity index is 2.79. The number of Topliss-reactive ketones (excluding diaryl/α,β-unsaturated/α-hetero) is 1. The monoisotopic (exact) mass is 359 g/mol. The van der Waals surface area contributed by atoms with Gasteiger partial charge in [-0.05, 0) is 30.4 Å². The van der Waals surface area contributed by atoms with Gasteiger partial charge in [0.2, 0.25) is 0 Å². The summed E-state index contributed by atoms with van der Waals surface area (Å²) in [6, 6.07) is 0. The molecule has 0 saturated carbocycles. The van der Waals surface area contributed by atoms with Crippen LogP contribution in [0.3, 0.4) is 0 Å². The van der Waals surface area contributed by atoms with Crippen LogP contribution in [0.2, 0.25) is 0 Å². The molecule has 0 heterocycles. The summed E-state index contributed by atoms with van der Waals surface area (Å²) in [5, 5.41) is 18.1. The van der Waals surface area contributed by atoms with E-state index in [0.29, 0.717) is 23.7 Å². The summed E-state index contributed by atoms with van der Waals surface area (Å²) in [6.07, 6.45) is 4.40. The minimum Gasteiger partial charge on any atom is -0.512 e. The Hall–Kier alpha value is -0.780. The molecule has 6 heteroatoms. The number of thioether (sulfide) groups is 1. The van der Waals surface area contributed by atoms with Crippen LogP contribution >= 0.6 is 23.4 Å². The van der Waals surface area contributed by atoms with E-state index in [2.05, 4.69) is 13.8 Å². The van der Waals surface area contributed by atoms with Crippen molar-refractivity contribution in [1.82, 2.24) is 0 Å². The van der Waals surface area contributed by atoms with Crippen molar-refractivity contribution in [3.8, 4) is 0 Å². The van der Waals surface area contributed by atoms with Gasteiger partial charge in [-0.3, -0.25) is 4.79 Å². The summed E-state index contributed by atoms with van der Waals surface area (Å²) < 4.78 is 5.59. The third-order valence-electron chi connectivity index (χ3n) is 3.82. The van der Waals surface area contributed by atoms with Gasteiger partial charge in [0.25, 0.3) is 0 Å². The molecule has 0 radical (unpaired) electrons. The molecule has 0 aliphatic heterocycles. The van der Waals surface area contributed by atoms with E-state index < -0.39 is 6.10 Å². The topological polar surface area (TPSA) is 70.4 Å². The maximum atomic E-state index is 12.5. The summed E-state index contributed by atoms with van der Waals surface area (Å²) >= 11 is 7.34. The summed E-state index contributed by atoms with van der Waals surface area (Å²) in [5.41, 5.74) is 1.69. The zero-order valence-corrected chi connectivity index (χ0v) is 15.3. The number of ether oxygens (including phenoxy) is 1. The highest BCUT2D eigenvalue weighted by Crippen LogP contribution is 2.33. The molecule has 1 aliphatic carbocycles. The third-order valence-corrected chi connectivity index (χ3v) is 5.09. The highest BCUT2D eigenvalue weighted by atomic mass is 35.5. The van der Waals surface area contributed by atoms with Gasteiger partial charge in [-0.15, -0.1) is 0 Å². The smallest absolute Gasteiger partial charge is 0.165 e. The van der Waals surface area contributed by atoms with Crippen molar-refractivity contribution in [2.24, 2.45) is 5.92 Å². The summed E-state index contributed by atoms with van der Waals surface area (Å²) in [4.78, 5) is 12.5. The first kappa shape index (κ1) is 20.3. The molecule has 0 aromatic rings. The lowest BCUT2D eigenvalue weighted by molar-refractivity contribution is -0.118. The largest absolute Gasteiger partial charge is 0.512 e. The number of carbonyl (C=O) groups excluding carboxylic acids is 1. The predicted molar refractivity (Wildman–Crippen MR) is 97.7 cm³/mol. The summed E-state index contributed by atoms with van der Waals surface area (Å²) in [5.74, 6) is 1.30. The molecule has 1 aliphatic rings. The van der Waals surface area contributed by atoms with Crippen LogP contribution in [0.4, 0.5) is 0 Å². The van der Waals surface area contributed by atoms with Crippen LogP contribution in [-0.2, 0) is 9.53 Å². The highest BCUT2D eigenvalue weighted by molar-refractivity contribution is 7.99. The maximum absolute atomic E-state index is 12.5. The lowest BCUT2D eigenvalue weighted by Gasteiger charge is -2.28. The molecule has 0 bridgehead atoms. The number of aliphatic hydroxyl groups is 1. The molecule has 3 unspecified atom stereocenters. The zero-order valence-electron chi connectivity index (χ0n) is 13.8. The Morgan fingerprint density at radius 3 is 2.83 bits per heavy atom. The van der Waals surface area contributed by atoms with Gasteiger partial charge >= 0.3 is 0 Å². The first-order valence-corrected chi connectivity index (χ1v) is 9.44. The Morgan fingerprint density at radius 1 is 1.52 bits per heavy atom. The van der Waals surface area contributed by atoms with Gasteiger partial charge in [-0.2, -0.15) is 11.8 Å². The molecule has 2 N–H and O–H groups in total. The van der Waals surface area contributed by atoms with Crippen molar-refractivity contribution in [3.63, 3.8) is 0 Å². The van der Waals surface area contributed by atoms with E-state index >= 15 is 0 Å². The van der Waals surface area contributed by atoms with Crippen molar-refractivity contribution in [2.45, 2.75) is 50.9 Å². The van der Waals surface area contributed by atoms with Crippen molar-refractivity contribution >= 4 is 35.4 Å². The quantitative estimate of drug-likeness (QED) is 0.564. The van der Waals surface area contributed by atoms with Crippen LogP contribution in [0.5, 0.6) is 0 Å². The molecule has 4 nitrogen and oxygen atoms in total. The lowest BCUT2D eigenvalue weighted by Crippen LogP contribution is -2.30. The van der Waals surface area contributed by atoms with Crippen molar-refractivity contribution < 1.29 is 14.6 Å². The number of hydrogen-bond donors (Lipinski definition) is 2. The highest BCUT2D eigenvalue weighted by Gasteiger charge is 2.33. The number of rotatable bonds is 10. The Kier molecular flexibility index (Phi) is 9.60. The number of nitrogens with one attached hydrogen (secondary N) is 1. The van der Waals surface area contributed by atoms with Crippen molar-refractivity contribution in [2.75, 3.05) is 12.4 Å². The van der Waals surface area contributed by atoms with E-state index in [4.69, 9.17) is 21.7 Å². The fourth-order valence-electron chi connectivity index (χ4n) is 2.93. The zero-order chi connectivity index (χ0) is 17.2. The number of allylic oxidation sites excluding steroid dienone is 1. The molecule has 130 valence electrons. The Labute approximate surface area is 147 Å². The van der Waals surface area contributed by atoms with Crippen LogP contribution in [0.1, 0.15) is 39.5 Å². The van der Waals surface area contributed by atoms with Gasteiger partial charge in [-0.25, -0.2) is 0 Å². The number of aliphatic hydroxyl groups excluding tert-OH is 1. The van der Waals surface area contributed by atoms with Gasteiger partial charge < -0.3 is 15.3 Å². The maximum Gasteiger partial charge on any atom is 0.165 e. The molecule has 1 rings (SSSR count). The number of carbonyl (C=O) groups is 1. The van der Waals surface area contributed by atoms with E-state index in [-0.39, 0.29) is 30.5 Å². The molecule has 3 atom stereocenters. The van der Waals surface area contributed by atoms with Crippen LogP contribution in [0.15, 0.2) is 22.9 Å². The first-order valence-electron chi connectivity index (χ1n) is 7.95. The molecular formula is C17H26ClNO3S. The fraction of sp³-hybridized carbons (Fsp3) is 0.647. The van der Waals surface area contributed by atoms with Crippen molar-refractivity contribution in [3.05, 3.63) is 22.9 Å². The molecule has 23 heavy (non-hydrogen) atoms. The molecular weight excluding hydrogens is 334 g/mol. The normalized spacial score (nSPS) is 21.7. The second-order valence-electron chi connectivity index (χ2n) is 5.68. The lowest BCUT2D eigenvalue weighted by atomic mass is 9.82. The van der Waals surface area contributed by atoms with Gasteiger partial charge in [-0.1, -0.05) is 25.4 Å². The second-order valence-corrected chi connectivity index (χ2v) is 7.65. The average Bonchev–Trinajstić information content (AvgIpc) is 2.47. The fourth-order valence-corrected chi connectivity index (χ4v) is 3.98. The minimum absolute atomic E-state index is 0.0610. The van der Waals surface area contributed by atoms with Crippen LogP contribution in [0.25, 0.3) is 0 Å². The number of halogens is 1. The summed E-state index contributed by atoms with van der Waals surface area (Å²) in [6.45, 7) is 4.53. The Morgan fingerprint density at radius 2 is 2.26 bits per heavy atom. The van der Waals surface area contributed by atoms with Crippen LogP contribution < -0.4 is 0 Å². The summed E-state index contributed by atoms with van der Waals surface area (Å²) in [7, 11) is 0. The number of ketones is 1. The van der Waals surface area contributed by atoms with E-state index in [9.17, 15) is 9.90 Å². The third kappa shape index (κ3) is 6.69. The SMILES string of the molecule is CCSC(C)CC1CC(=O)C(C(CC=N)OC/C=C/Cl)=C(O)C1. The van der Waals surface area contributed by atoms with E-state index in [1.807, 2.05) is 11.8 Å². The van der Waals surface area contributed by atoms with Gasteiger partial charge in [0.05, 0.1) is 18.3 Å². The molecule has 0 fully saturated rings. The van der Waals surface area contributed by atoms with Crippen LogP contribution in [-0.4, -0.2) is 40.8 Å². The number of hydrogen-bond acceptors (Lipinski definition) is 5. The Bertz CT molecular complexity index is 465. The van der Waals surface area contributed by atoms with E-state index in [0.717, 1.165) is 12.2 Å².